The molecule has 5 heteroatoms. The summed E-state index contributed by atoms with van der Waals surface area (Å²) in [4.78, 5) is 10.4. The Kier molecular flexibility index (Phi) is 2.06. The summed E-state index contributed by atoms with van der Waals surface area (Å²) in [5.41, 5.74) is -2.17. The highest BCUT2D eigenvalue weighted by molar-refractivity contribution is 5.66. The van der Waals surface area contributed by atoms with Gasteiger partial charge in [0.2, 0.25) is 5.60 Å². The predicted molar refractivity (Wildman–Crippen MR) is 34.4 cm³/mol. The zero-order valence-electron chi connectivity index (χ0n) is 6.57. The molecule has 0 aromatic heterocycles. The van der Waals surface area contributed by atoms with Gasteiger partial charge in [-0.3, -0.25) is 4.79 Å². The second-order valence-corrected chi connectivity index (χ2v) is 2.94. The largest absolute Gasteiger partial charge is 0.450 e. The average Bonchev–Trinajstić information content (AvgIpc) is 1.74. The lowest BCUT2D eigenvalue weighted by molar-refractivity contribution is -0.293. The molecule has 0 aliphatic heterocycles. The molecular weight excluding hydrogens is 173 g/mol. The van der Waals surface area contributed by atoms with Crippen LogP contribution >= 0.6 is 0 Å². The van der Waals surface area contributed by atoms with Crippen molar-refractivity contribution in [1.82, 2.24) is 0 Å². The SMILES string of the molecule is CC(=O)OC1(C(F)(F)F)CCC1. The first-order valence-corrected chi connectivity index (χ1v) is 3.64. The maximum absolute atomic E-state index is 12.2. The lowest BCUT2D eigenvalue weighted by Crippen LogP contribution is -2.53. The van der Waals surface area contributed by atoms with E-state index in [1.807, 2.05) is 0 Å². The summed E-state index contributed by atoms with van der Waals surface area (Å²) >= 11 is 0. The van der Waals surface area contributed by atoms with E-state index in [0.717, 1.165) is 6.92 Å². The molecule has 0 aromatic rings. The molecule has 1 rings (SSSR count). The number of alkyl halides is 3. The van der Waals surface area contributed by atoms with Crippen LogP contribution in [0, 0.1) is 0 Å². The Hall–Kier alpha value is -0.740. The van der Waals surface area contributed by atoms with Gasteiger partial charge in [-0.2, -0.15) is 13.2 Å². The zero-order chi connectivity index (χ0) is 9.41. The molecular formula is C7H9F3O2. The first-order valence-electron chi connectivity index (χ1n) is 3.64. The molecule has 0 bridgehead atoms. The van der Waals surface area contributed by atoms with Gasteiger partial charge < -0.3 is 4.74 Å². The molecule has 0 amide bonds. The fourth-order valence-electron chi connectivity index (χ4n) is 1.22. The van der Waals surface area contributed by atoms with Gasteiger partial charge in [0.15, 0.2) is 0 Å². The molecule has 0 atom stereocenters. The summed E-state index contributed by atoms with van der Waals surface area (Å²) in [6.45, 7) is 0.992. The van der Waals surface area contributed by atoms with Gasteiger partial charge in [-0.25, -0.2) is 0 Å². The van der Waals surface area contributed by atoms with Crippen molar-refractivity contribution in [2.75, 3.05) is 0 Å². The molecule has 1 aliphatic carbocycles. The van der Waals surface area contributed by atoms with Crippen molar-refractivity contribution < 1.29 is 22.7 Å². The lowest BCUT2D eigenvalue weighted by atomic mass is 9.79. The van der Waals surface area contributed by atoms with Gasteiger partial charge >= 0.3 is 12.1 Å². The van der Waals surface area contributed by atoms with E-state index in [-0.39, 0.29) is 12.8 Å². The van der Waals surface area contributed by atoms with Gasteiger partial charge in [-0.1, -0.05) is 0 Å². The van der Waals surface area contributed by atoms with E-state index in [2.05, 4.69) is 4.74 Å². The second kappa shape index (κ2) is 2.64. The Morgan fingerprint density at radius 1 is 1.42 bits per heavy atom. The molecule has 0 heterocycles. The Morgan fingerprint density at radius 3 is 2.00 bits per heavy atom. The third-order valence-electron chi connectivity index (χ3n) is 2.02. The van der Waals surface area contributed by atoms with Crippen LogP contribution in [0.1, 0.15) is 26.2 Å². The van der Waals surface area contributed by atoms with Gasteiger partial charge in [0.25, 0.3) is 0 Å². The lowest BCUT2D eigenvalue weighted by Gasteiger charge is -2.41. The molecule has 12 heavy (non-hydrogen) atoms. The molecule has 2 nitrogen and oxygen atoms in total. The quantitative estimate of drug-likeness (QED) is 0.580. The Morgan fingerprint density at radius 2 is 1.92 bits per heavy atom. The predicted octanol–water partition coefficient (Wildman–Crippen LogP) is 2.03. The summed E-state index contributed by atoms with van der Waals surface area (Å²) in [5.74, 6) is -0.868. The van der Waals surface area contributed by atoms with Crippen molar-refractivity contribution in [3.8, 4) is 0 Å². The van der Waals surface area contributed by atoms with Crippen molar-refractivity contribution in [1.29, 1.82) is 0 Å². The molecule has 0 unspecified atom stereocenters. The molecule has 0 radical (unpaired) electrons. The molecule has 0 aromatic carbocycles. The fraction of sp³-hybridized carbons (Fsp3) is 0.857. The Labute approximate surface area is 67.7 Å². The van der Waals surface area contributed by atoms with Gasteiger partial charge in [-0.15, -0.1) is 0 Å². The number of rotatable bonds is 1. The Bertz CT molecular complexity index is 193. The van der Waals surface area contributed by atoms with Crippen LogP contribution < -0.4 is 0 Å². The number of carbonyl (C=O) groups is 1. The third kappa shape index (κ3) is 1.40. The number of halogens is 3. The zero-order valence-corrected chi connectivity index (χ0v) is 6.57. The fourth-order valence-corrected chi connectivity index (χ4v) is 1.22. The van der Waals surface area contributed by atoms with E-state index < -0.39 is 17.7 Å². The highest BCUT2D eigenvalue weighted by atomic mass is 19.4. The highest BCUT2D eigenvalue weighted by Crippen LogP contribution is 2.48. The average molecular weight is 182 g/mol. The maximum atomic E-state index is 12.2. The van der Waals surface area contributed by atoms with E-state index >= 15 is 0 Å². The standard InChI is InChI=1S/C7H9F3O2/c1-5(11)12-6(3-2-4-6)7(8,9)10/h2-4H2,1H3. The molecule has 0 spiro atoms. The van der Waals surface area contributed by atoms with Crippen molar-refractivity contribution >= 4 is 5.97 Å². The van der Waals surface area contributed by atoms with Crippen LogP contribution in [0.15, 0.2) is 0 Å². The van der Waals surface area contributed by atoms with Crippen molar-refractivity contribution in [3.63, 3.8) is 0 Å². The van der Waals surface area contributed by atoms with Crippen LogP contribution in [-0.2, 0) is 9.53 Å². The van der Waals surface area contributed by atoms with Crippen molar-refractivity contribution in [3.05, 3.63) is 0 Å². The topological polar surface area (TPSA) is 26.3 Å². The molecule has 1 saturated carbocycles. The summed E-state index contributed by atoms with van der Waals surface area (Å²) < 4.78 is 41.0. The highest BCUT2D eigenvalue weighted by Gasteiger charge is 2.61. The van der Waals surface area contributed by atoms with Crippen LogP contribution in [0.5, 0.6) is 0 Å². The summed E-state index contributed by atoms with van der Waals surface area (Å²) in [6, 6.07) is 0. The number of ether oxygens (including phenoxy) is 1. The van der Waals surface area contributed by atoms with Gasteiger partial charge in [0.05, 0.1) is 0 Å². The van der Waals surface area contributed by atoms with Crippen LogP contribution in [-0.4, -0.2) is 17.7 Å². The van der Waals surface area contributed by atoms with Crippen molar-refractivity contribution in [2.45, 2.75) is 38.0 Å². The second-order valence-electron chi connectivity index (χ2n) is 2.94. The molecule has 0 N–H and O–H groups in total. The van der Waals surface area contributed by atoms with Gasteiger partial charge in [0, 0.05) is 6.92 Å². The van der Waals surface area contributed by atoms with E-state index in [1.165, 1.54) is 0 Å². The van der Waals surface area contributed by atoms with Gasteiger partial charge in [0.1, 0.15) is 0 Å². The summed E-state index contributed by atoms with van der Waals surface area (Å²) in [7, 11) is 0. The number of carbonyl (C=O) groups excluding carboxylic acids is 1. The van der Waals surface area contributed by atoms with Crippen LogP contribution in [0.3, 0.4) is 0 Å². The van der Waals surface area contributed by atoms with E-state index in [4.69, 9.17) is 0 Å². The first-order chi connectivity index (χ1) is 5.37. The normalized spacial score (nSPS) is 21.3. The monoisotopic (exact) mass is 182 g/mol. The van der Waals surface area contributed by atoms with Gasteiger partial charge in [-0.05, 0) is 19.3 Å². The minimum Gasteiger partial charge on any atom is -0.450 e. The minimum absolute atomic E-state index is 0.101. The molecule has 0 saturated heterocycles. The number of esters is 1. The number of hydrogen-bond donors (Lipinski definition) is 0. The molecule has 70 valence electrons. The summed E-state index contributed by atoms with van der Waals surface area (Å²) in [6.07, 6.45) is -4.16. The minimum atomic E-state index is -4.42. The van der Waals surface area contributed by atoms with Crippen molar-refractivity contribution in [2.24, 2.45) is 0 Å². The molecule has 1 aliphatic rings. The number of hydrogen-bond acceptors (Lipinski definition) is 2. The molecule has 1 fully saturated rings. The van der Waals surface area contributed by atoms with E-state index in [1.54, 1.807) is 0 Å². The summed E-state index contributed by atoms with van der Waals surface area (Å²) in [5, 5.41) is 0. The first kappa shape index (κ1) is 9.35. The van der Waals surface area contributed by atoms with E-state index in [0.29, 0.717) is 6.42 Å². The van der Waals surface area contributed by atoms with Crippen LogP contribution in [0.25, 0.3) is 0 Å². The maximum Gasteiger partial charge on any atom is 0.428 e. The third-order valence-corrected chi connectivity index (χ3v) is 2.02. The van der Waals surface area contributed by atoms with Crippen LogP contribution in [0.2, 0.25) is 0 Å². The Balaban J connectivity index is 2.70. The van der Waals surface area contributed by atoms with Crippen LogP contribution in [0.4, 0.5) is 13.2 Å². The van der Waals surface area contributed by atoms with E-state index in [9.17, 15) is 18.0 Å². The smallest absolute Gasteiger partial charge is 0.428 e.